The van der Waals surface area contributed by atoms with Crippen LogP contribution in [0.1, 0.15) is 6.42 Å². The summed E-state index contributed by atoms with van der Waals surface area (Å²) in [4.78, 5) is 2.11. The third-order valence-corrected chi connectivity index (χ3v) is 5.97. The van der Waals surface area contributed by atoms with Crippen molar-refractivity contribution in [3.05, 3.63) is 36.4 Å². The molecule has 0 radical (unpaired) electrons. The van der Waals surface area contributed by atoms with E-state index in [0.29, 0.717) is 29.0 Å². The Kier molecular flexibility index (Phi) is 12.9. The van der Waals surface area contributed by atoms with Gasteiger partial charge < -0.3 is 24.7 Å². The van der Waals surface area contributed by atoms with Crippen molar-refractivity contribution in [2.45, 2.75) is 22.3 Å². The van der Waals surface area contributed by atoms with E-state index in [1.807, 2.05) is 48.2 Å². The minimum absolute atomic E-state index is 0.297. The molecule has 5 nitrogen and oxygen atoms in total. The molecule has 0 fully saturated rings. The molecule has 0 saturated heterocycles. The maximum Gasteiger partial charge on any atom is 0.161 e. The summed E-state index contributed by atoms with van der Waals surface area (Å²) in [5, 5.41) is 0. The Bertz CT molecular complexity index is 678. The Morgan fingerprint density at radius 2 is 1.28 bits per heavy atom. The van der Waals surface area contributed by atoms with Gasteiger partial charge in [0, 0.05) is 21.6 Å². The summed E-state index contributed by atoms with van der Waals surface area (Å²) in [5.74, 6) is 4.82. The van der Waals surface area contributed by atoms with Crippen LogP contribution < -0.4 is 24.7 Å². The van der Waals surface area contributed by atoms with Gasteiger partial charge in [0.25, 0.3) is 0 Å². The van der Waals surface area contributed by atoms with Gasteiger partial charge in [0.2, 0.25) is 0 Å². The van der Waals surface area contributed by atoms with Crippen LogP contribution in [0.5, 0.6) is 23.0 Å². The van der Waals surface area contributed by atoms with Gasteiger partial charge >= 0.3 is 0 Å². The first-order valence-corrected chi connectivity index (χ1v) is 11.8. The van der Waals surface area contributed by atoms with Crippen molar-refractivity contribution in [3.8, 4) is 23.0 Å². The van der Waals surface area contributed by atoms with E-state index in [1.165, 1.54) is 0 Å². The van der Waals surface area contributed by atoms with Crippen LogP contribution in [0.25, 0.3) is 0 Å². The molecular formula is C21H31NO4S3. The molecular weight excluding hydrogens is 426 g/mol. The summed E-state index contributed by atoms with van der Waals surface area (Å²) in [5.41, 5.74) is 5.57. The van der Waals surface area contributed by atoms with Crippen LogP contribution in [0.4, 0.5) is 0 Å². The van der Waals surface area contributed by atoms with Gasteiger partial charge in [-0.1, -0.05) is 11.8 Å². The van der Waals surface area contributed by atoms with Gasteiger partial charge in [-0.05, 0) is 54.8 Å². The Morgan fingerprint density at radius 1 is 0.828 bits per heavy atom. The second-order valence-corrected chi connectivity index (χ2v) is 8.36. The van der Waals surface area contributed by atoms with E-state index >= 15 is 0 Å². The molecule has 0 bridgehead atoms. The molecule has 29 heavy (non-hydrogen) atoms. The standard InChI is InChI=1S/C16H18O4S.C5H13NS2/c1-17-13-7-5-11(9-15(13)19-3)21-12-6-8-14(18-2)16(10-12)20-4;1-8-3-2-5(6)4-7/h5-10H,1-4H3;5,7H,2-4,6H2,1H3/t;5-/m.1/s1. The van der Waals surface area contributed by atoms with Crippen LogP contribution in [0.2, 0.25) is 0 Å². The predicted octanol–water partition coefficient (Wildman–Crippen LogP) is 4.87. The maximum atomic E-state index is 5.57. The van der Waals surface area contributed by atoms with Gasteiger partial charge in [-0.15, -0.1) is 0 Å². The highest BCUT2D eigenvalue weighted by molar-refractivity contribution is 7.99. The van der Waals surface area contributed by atoms with Gasteiger partial charge in [0.1, 0.15) is 0 Å². The summed E-state index contributed by atoms with van der Waals surface area (Å²) < 4.78 is 21.1. The normalized spacial score (nSPS) is 11.1. The average molecular weight is 458 g/mol. The van der Waals surface area contributed by atoms with Crippen molar-refractivity contribution in [1.82, 2.24) is 0 Å². The summed E-state index contributed by atoms with van der Waals surface area (Å²) in [7, 11) is 6.50. The van der Waals surface area contributed by atoms with Crippen LogP contribution >= 0.6 is 36.2 Å². The molecule has 2 aromatic rings. The van der Waals surface area contributed by atoms with Crippen LogP contribution in [0, 0.1) is 0 Å². The number of hydrogen-bond acceptors (Lipinski definition) is 8. The number of thiol groups is 1. The molecule has 0 unspecified atom stereocenters. The highest BCUT2D eigenvalue weighted by atomic mass is 32.2. The van der Waals surface area contributed by atoms with Crippen molar-refractivity contribution in [1.29, 1.82) is 0 Å². The first-order chi connectivity index (χ1) is 14.0. The predicted molar refractivity (Wildman–Crippen MR) is 128 cm³/mol. The Morgan fingerprint density at radius 3 is 1.62 bits per heavy atom. The number of benzene rings is 2. The molecule has 0 aliphatic heterocycles. The number of nitrogens with two attached hydrogens (primary N) is 1. The summed E-state index contributed by atoms with van der Waals surface area (Å²) >= 11 is 7.50. The van der Waals surface area contributed by atoms with E-state index in [0.717, 1.165) is 27.7 Å². The molecule has 8 heteroatoms. The lowest BCUT2D eigenvalue weighted by Crippen LogP contribution is -2.22. The molecule has 0 aliphatic carbocycles. The smallest absolute Gasteiger partial charge is 0.161 e. The van der Waals surface area contributed by atoms with Crippen LogP contribution in [-0.2, 0) is 0 Å². The first-order valence-electron chi connectivity index (χ1n) is 9.00. The van der Waals surface area contributed by atoms with Crippen molar-refractivity contribution < 1.29 is 18.9 Å². The third kappa shape index (κ3) is 8.90. The fourth-order valence-corrected chi connectivity index (χ4v) is 3.85. The summed E-state index contributed by atoms with van der Waals surface area (Å²) in [6, 6.07) is 11.9. The first kappa shape index (κ1) is 25.7. The second kappa shape index (κ2) is 14.6. The van der Waals surface area contributed by atoms with E-state index in [1.54, 1.807) is 40.2 Å². The lowest BCUT2D eigenvalue weighted by Gasteiger charge is -2.11. The molecule has 0 saturated carbocycles. The Balaban J connectivity index is 0.000000447. The molecule has 2 aromatic carbocycles. The number of ether oxygens (including phenoxy) is 4. The molecule has 162 valence electrons. The Hall–Kier alpha value is -1.35. The SMILES string of the molecule is COc1ccc(Sc2ccc(OC)c(OC)c2)cc1OC.CSCC[C@@H](N)CS. The molecule has 0 aromatic heterocycles. The number of methoxy groups -OCH3 is 4. The van der Waals surface area contributed by atoms with E-state index in [-0.39, 0.29) is 0 Å². The van der Waals surface area contributed by atoms with E-state index in [4.69, 9.17) is 24.7 Å². The maximum absolute atomic E-state index is 5.57. The zero-order valence-electron chi connectivity index (χ0n) is 17.6. The van der Waals surface area contributed by atoms with Crippen molar-refractivity contribution in [3.63, 3.8) is 0 Å². The molecule has 0 aliphatic rings. The summed E-state index contributed by atoms with van der Waals surface area (Å²) in [6.45, 7) is 0. The minimum Gasteiger partial charge on any atom is -0.493 e. The van der Waals surface area contributed by atoms with Crippen molar-refractivity contribution in [2.75, 3.05) is 46.2 Å². The minimum atomic E-state index is 0.297. The van der Waals surface area contributed by atoms with Gasteiger partial charge in [0.05, 0.1) is 28.4 Å². The average Bonchev–Trinajstić information content (AvgIpc) is 2.77. The number of rotatable bonds is 10. The monoisotopic (exact) mass is 457 g/mol. The summed E-state index contributed by atoms with van der Waals surface area (Å²) in [6.07, 6.45) is 3.18. The van der Waals surface area contributed by atoms with Crippen molar-refractivity contribution >= 4 is 36.2 Å². The van der Waals surface area contributed by atoms with Crippen molar-refractivity contribution in [2.24, 2.45) is 5.73 Å². The highest BCUT2D eigenvalue weighted by Crippen LogP contribution is 2.38. The largest absolute Gasteiger partial charge is 0.493 e. The van der Waals surface area contributed by atoms with Crippen LogP contribution in [-0.4, -0.2) is 52.2 Å². The zero-order valence-corrected chi connectivity index (χ0v) is 20.2. The van der Waals surface area contributed by atoms with E-state index < -0.39 is 0 Å². The van der Waals surface area contributed by atoms with E-state index in [2.05, 4.69) is 18.9 Å². The van der Waals surface area contributed by atoms with Crippen LogP contribution in [0.15, 0.2) is 46.2 Å². The highest BCUT2D eigenvalue weighted by Gasteiger charge is 2.08. The second-order valence-electron chi connectivity index (χ2n) is 5.86. The third-order valence-electron chi connectivity index (χ3n) is 3.87. The fourth-order valence-electron chi connectivity index (χ4n) is 2.26. The van der Waals surface area contributed by atoms with Gasteiger partial charge in [-0.3, -0.25) is 0 Å². The zero-order chi connectivity index (χ0) is 21.6. The Labute approximate surface area is 188 Å². The van der Waals surface area contributed by atoms with Gasteiger partial charge in [-0.2, -0.15) is 24.4 Å². The molecule has 2 N–H and O–H groups in total. The fraction of sp³-hybridized carbons (Fsp3) is 0.429. The van der Waals surface area contributed by atoms with Gasteiger partial charge in [-0.25, -0.2) is 0 Å². The topological polar surface area (TPSA) is 62.9 Å². The molecule has 0 spiro atoms. The van der Waals surface area contributed by atoms with E-state index in [9.17, 15) is 0 Å². The molecule has 0 heterocycles. The quantitative estimate of drug-likeness (QED) is 0.494. The lowest BCUT2D eigenvalue weighted by molar-refractivity contribution is 0.354. The van der Waals surface area contributed by atoms with Crippen LogP contribution in [0.3, 0.4) is 0 Å². The lowest BCUT2D eigenvalue weighted by atomic mass is 10.3. The number of thioether (sulfide) groups is 1. The molecule has 2 rings (SSSR count). The molecule has 0 amide bonds. The number of hydrogen-bond donors (Lipinski definition) is 2. The van der Waals surface area contributed by atoms with Gasteiger partial charge in [0.15, 0.2) is 23.0 Å². The molecule has 1 atom stereocenters.